The van der Waals surface area contributed by atoms with Gasteiger partial charge in [0.25, 0.3) is 0 Å². The number of benzene rings is 7. The number of rotatable bonds is 3. The van der Waals surface area contributed by atoms with Crippen molar-refractivity contribution < 1.29 is 0 Å². The molecule has 0 saturated heterocycles. The summed E-state index contributed by atoms with van der Waals surface area (Å²) in [6.45, 7) is 14.4. The molecule has 0 amide bonds. The van der Waals surface area contributed by atoms with Crippen LogP contribution in [0.2, 0.25) is 0 Å². The molecule has 55 heavy (non-hydrogen) atoms. The number of para-hydroxylation sites is 2. The molecule has 9 aromatic rings. The van der Waals surface area contributed by atoms with Crippen LogP contribution in [0.5, 0.6) is 0 Å². The second-order valence-corrected chi connectivity index (χ2v) is 18.1. The van der Waals surface area contributed by atoms with E-state index in [9.17, 15) is 0 Å². The molecule has 0 radical (unpaired) electrons. The van der Waals surface area contributed by atoms with Gasteiger partial charge in [0.1, 0.15) is 0 Å². The molecule has 2 heterocycles. The van der Waals surface area contributed by atoms with Crippen molar-refractivity contribution in [2.75, 3.05) is 0 Å². The summed E-state index contributed by atoms with van der Waals surface area (Å²) in [5, 5.41) is 5.13. The molecule has 0 fully saturated rings. The molecular formula is C53H46N2. The Balaban J connectivity index is 1.06. The summed E-state index contributed by atoms with van der Waals surface area (Å²) in [5.74, 6) is 0. The molecule has 2 aliphatic rings. The Hall–Kier alpha value is -5.86. The molecule has 7 aromatic carbocycles. The second kappa shape index (κ2) is 11.1. The van der Waals surface area contributed by atoms with Crippen LogP contribution in [0.4, 0.5) is 0 Å². The highest BCUT2D eigenvalue weighted by Crippen LogP contribution is 2.50. The quantitative estimate of drug-likeness (QED) is 0.173. The Bertz CT molecular complexity index is 3070. The van der Waals surface area contributed by atoms with Crippen molar-refractivity contribution >= 4 is 43.6 Å². The van der Waals surface area contributed by atoms with Crippen LogP contribution in [0.3, 0.4) is 0 Å². The summed E-state index contributed by atoms with van der Waals surface area (Å²) >= 11 is 0. The first-order valence-corrected chi connectivity index (χ1v) is 20.0. The van der Waals surface area contributed by atoms with E-state index in [-0.39, 0.29) is 16.2 Å². The van der Waals surface area contributed by atoms with Gasteiger partial charge in [-0.25, -0.2) is 0 Å². The van der Waals surface area contributed by atoms with Gasteiger partial charge in [0.2, 0.25) is 0 Å². The predicted octanol–water partition coefficient (Wildman–Crippen LogP) is 14.2. The third-order valence-corrected chi connectivity index (χ3v) is 13.6. The molecule has 2 heteroatoms. The van der Waals surface area contributed by atoms with Crippen molar-refractivity contribution in [2.24, 2.45) is 0 Å². The maximum atomic E-state index is 2.49. The van der Waals surface area contributed by atoms with Crippen molar-refractivity contribution in [3.05, 3.63) is 168 Å². The van der Waals surface area contributed by atoms with E-state index < -0.39 is 0 Å². The Morgan fingerprint density at radius 2 is 0.836 bits per heavy atom. The fourth-order valence-electron chi connectivity index (χ4n) is 10.4. The van der Waals surface area contributed by atoms with Gasteiger partial charge in [-0.15, -0.1) is 0 Å². The molecule has 0 atom stereocenters. The summed E-state index contributed by atoms with van der Waals surface area (Å²) in [6, 6.07) is 55.2. The van der Waals surface area contributed by atoms with Crippen LogP contribution < -0.4 is 0 Å². The first-order valence-electron chi connectivity index (χ1n) is 20.0. The van der Waals surface area contributed by atoms with Crippen molar-refractivity contribution in [2.45, 2.75) is 70.6 Å². The molecule has 0 saturated carbocycles. The van der Waals surface area contributed by atoms with Crippen molar-refractivity contribution in [3.63, 3.8) is 0 Å². The highest BCUT2D eigenvalue weighted by atomic mass is 15.0. The second-order valence-electron chi connectivity index (χ2n) is 18.1. The van der Waals surface area contributed by atoms with Gasteiger partial charge in [0.15, 0.2) is 0 Å². The first-order chi connectivity index (χ1) is 26.5. The average Bonchev–Trinajstić information content (AvgIpc) is 3.79. The molecule has 0 unspecified atom stereocenters. The Morgan fingerprint density at radius 3 is 1.45 bits per heavy atom. The number of nitrogens with zero attached hydrogens (tertiary/aromatic N) is 2. The number of fused-ring (bicyclic) bond motifs is 10. The van der Waals surface area contributed by atoms with E-state index in [1.807, 2.05) is 0 Å². The van der Waals surface area contributed by atoms with Gasteiger partial charge in [-0.05, 0) is 129 Å². The van der Waals surface area contributed by atoms with E-state index in [2.05, 4.69) is 196 Å². The lowest BCUT2D eigenvalue weighted by Gasteiger charge is -2.42. The third kappa shape index (κ3) is 4.55. The van der Waals surface area contributed by atoms with Gasteiger partial charge in [-0.3, -0.25) is 0 Å². The molecule has 0 spiro atoms. The Labute approximate surface area is 323 Å². The van der Waals surface area contributed by atoms with Gasteiger partial charge in [0, 0.05) is 38.3 Å². The maximum Gasteiger partial charge on any atom is 0.0541 e. The fourth-order valence-corrected chi connectivity index (χ4v) is 10.4. The normalized spacial score (nSPS) is 16.5. The highest BCUT2D eigenvalue weighted by molar-refractivity contribution is 6.12. The molecule has 0 bridgehead atoms. The first kappa shape index (κ1) is 32.6. The zero-order valence-electron chi connectivity index (χ0n) is 32.7. The van der Waals surface area contributed by atoms with Crippen molar-refractivity contribution in [1.29, 1.82) is 0 Å². The lowest BCUT2D eigenvalue weighted by molar-refractivity contribution is 0.332. The van der Waals surface area contributed by atoms with Gasteiger partial charge in [-0.2, -0.15) is 0 Å². The minimum Gasteiger partial charge on any atom is -0.309 e. The van der Waals surface area contributed by atoms with E-state index in [0.717, 1.165) is 0 Å². The van der Waals surface area contributed by atoms with E-state index >= 15 is 0 Å². The predicted molar refractivity (Wildman–Crippen MR) is 233 cm³/mol. The van der Waals surface area contributed by atoms with Gasteiger partial charge in [-0.1, -0.05) is 126 Å². The molecule has 0 N–H and O–H groups in total. The lowest BCUT2D eigenvalue weighted by atomic mass is 9.63. The summed E-state index contributed by atoms with van der Waals surface area (Å²) in [6.07, 6.45) is 2.43. The standard InChI is InChI=1S/C53H46N2/c1-51(2)27-28-52(3,4)46-32-36(22-24-44(46)51)55-48-18-12-9-15-40(48)42-30-34(20-26-50(42)55)33-19-25-49-41(29-33)39-14-8-11-17-47(39)54(49)35-21-23-38-37-13-7-10-16-43(37)53(5,6)45(38)31-35/h7-26,29-32H,27-28H2,1-6H3. The lowest BCUT2D eigenvalue weighted by Crippen LogP contribution is -2.33. The molecular weight excluding hydrogens is 665 g/mol. The van der Waals surface area contributed by atoms with Crippen molar-refractivity contribution in [1.82, 2.24) is 9.13 Å². The molecule has 11 rings (SSSR count). The number of aromatic nitrogens is 2. The van der Waals surface area contributed by atoms with Crippen LogP contribution in [0.25, 0.3) is 77.2 Å². The SMILES string of the molecule is CC1(C)CCC(C)(C)c2cc(-n3c4ccccc4c4cc(-c5ccc6c(c5)c5ccccc5n6-c5ccc6c(c5)C(C)(C)c5ccccc5-6)ccc43)ccc21. The topological polar surface area (TPSA) is 9.86 Å². The molecule has 0 aliphatic heterocycles. The Kier molecular flexibility index (Phi) is 6.58. The summed E-state index contributed by atoms with van der Waals surface area (Å²) < 4.78 is 4.95. The molecule has 2 aliphatic carbocycles. The molecule has 268 valence electrons. The van der Waals surface area contributed by atoms with Crippen LogP contribution in [0.15, 0.2) is 146 Å². The van der Waals surface area contributed by atoms with Gasteiger partial charge >= 0.3 is 0 Å². The smallest absolute Gasteiger partial charge is 0.0541 e. The van der Waals surface area contributed by atoms with Crippen LogP contribution in [0, 0.1) is 0 Å². The maximum absolute atomic E-state index is 2.49. The molecule has 2 nitrogen and oxygen atoms in total. The monoisotopic (exact) mass is 710 g/mol. The molecule has 2 aromatic heterocycles. The van der Waals surface area contributed by atoms with Crippen LogP contribution in [0.1, 0.15) is 76.6 Å². The zero-order chi connectivity index (χ0) is 37.4. The summed E-state index contributed by atoms with van der Waals surface area (Å²) in [5.41, 5.74) is 18.7. The van der Waals surface area contributed by atoms with E-state index in [0.29, 0.717) is 0 Å². The number of hydrogen-bond donors (Lipinski definition) is 0. The summed E-state index contributed by atoms with van der Waals surface area (Å²) in [4.78, 5) is 0. The van der Waals surface area contributed by atoms with E-state index in [4.69, 9.17) is 0 Å². The highest BCUT2D eigenvalue weighted by Gasteiger charge is 2.38. The van der Waals surface area contributed by atoms with Crippen LogP contribution >= 0.6 is 0 Å². The van der Waals surface area contributed by atoms with Gasteiger partial charge < -0.3 is 9.13 Å². The van der Waals surface area contributed by atoms with Crippen LogP contribution in [-0.4, -0.2) is 9.13 Å². The van der Waals surface area contributed by atoms with E-state index in [1.165, 1.54) is 112 Å². The minimum atomic E-state index is -0.0525. The Morgan fingerprint density at radius 1 is 0.364 bits per heavy atom. The third-order valence-electron chi connectivity index (χ3n) is 13.6. The van der Waals surface area contributed by atoms with E-state index in [1.54, 1.807) is 0 Å². The average molecular weight is 711 g/mol. The van der Waals surface area contributed by atoms with Crippen molar-refractivity contribution in [3.8, 4) is 33.6 Å². The van der Waals surface area contributed by atoms with Crippen LogP contribution in [-0.2, 0) is 16.2 Å². The largest absolute Gasteiger partial charge is 0.309 e. The summed E-state index contributed by atoms with van der Waals surface area (Å²) in [7, 11) is 0. The fraction of sp³-hybridized carbons (Fsp3) is 0.208. The zero-order valence-corrected chi connectivity index (χ0v) is 32.7. The number of hydrogen-bond acceptors (Lipinski definition) is 0. The minimum absolute atomic E-state index is 0.0525. The van der Waals surface area contributed by atoms with Gasteiger partial charge in [0.05, 0.1) is 22.1 Å².